The van der Waals surface area contributed by atoms with E-state index in [1.165, 1.54) is 0 Å². The Bertz CT molecular complexity index is 369. The van der Waals surface area contributed by atoms with E-state index in [0.29, 0.717) is 5.92 Å². The molecular formula is C12H20N2O. The molecule has 1 N–H and O–H groups in total. The molecule has 0 aromatic carbocycles. The van der Waals surface area contributed by atoms with Crippen LogP contribution in [0.2, 0.25) is 0 Å². The number of hydrogen-bond acceptors (Lipinski definition) is 2. The first kappa shape index (κ1) is 10.7. The molecule has 1 heterocycles. The van der Waals surface area contributed by atoms with Crippen LogP contribution in [-0.2, 0) is 12.6 Å². The number of aryl methyl sites for hydroxylation is 1. The van der Waals surface area contributed by atoms with E-state index in [1.54, 1.807) is 10.9 Å². The zero-order valence-electron chi connectivity index (χ0n) is 9.99. The fourth-order valence-corrected chi connectivity index (χ4v) is 3.12. The van der Waals surface area contributed by atoms with Gasteiger partial charge in [-0.25, -0.2) is 0 Å². The van der Waals surface area contributed by atoms with Gasteiger partial charge in [0.1, 0.15) is 5.60 Å². The molecule has 2 unspecified atom stereocenters. The maximum absolute atomic E-state index is 10.8. The third-order valence-electron chi connectivity index (χ3n) is 3.69. The topological polar surface area (TPSA) is 38.1 Å². The predicted molar refractivity (Wildman–Crippen MR) is 59.3 cm³/mol. The van der Waals surface area contributed by atoms with Crippen LogP contribution >= 0.6 is 0 Å². The molecule has 0 bridgehead atoms. The highest BCUT2D eigenvalue weighted by Crippen LogP contribution is 2.52. The Balaban J connectivity index is 2.40. The summed E-state index contributed by atoms with van der Waals surface area (Å²) in [6.45, 7) is 6.57. The standard InChI is InChI=1S/C12H20N2O/c1-9-7-11(2,3)8-12(9,15)10-5-6-13-14(10)4/h5-6,9,15H,7-8H2,1-4H3. The second-order valence-electron chi connectivity index (χ2n) is 5.71. The Kier molecular flexibility index (Phi) is 2.19. The summed E-state index contributed by atoms with van der Waals surface area (Å²) < 4.78 is 1.79. The quantitative estimate of drug-likeness (QED) is 0.767. The zero-order valence-corrected chi connectivity index (χ0v) is 9.99. The molecule has 84 valence electrons. The number of aromatic nitrogens is 2. The first-order chi connectivity index (χ1) is 6.85. The van der Waals surface area contributed by atoms with Crippen molar-refractivity contribution in [2.24, 2.45) is 18.4 Å². The smallest absolute Gasteiger partial charge is 0.109 e. The molecule has 2 atom stereocenters. The van der Waals surface area contributed by atoms with Crippen molar-refractivity contribution in [3.63, 3.8) is 0 Å². The van der Waals surface area contributed by atoms with Crippen molar-refractivity contribution in [3.05, 3.63) is 18.0 Å². The molecule has 3 nitrogen and oxygen atoms in total. The van der Waals surface area contributed by atoms with Crippen LogP contribution in [0.15, 0.2) is 12.3 Å². The monoisotopic (exact) mass is 208 g/mol. The second kappa shape index (κ2) is 3.08. The van der Waals surface area contributed by atoms with E-state index in [4.69, 9.17) is 0 Å². The Morgan fingerprint density at radius 3 is 2.60 bits per heavy atom. The highest BCUT2D eigenvalue weighted by Gasteiger charge is 2.49. The fraction of sp³-hybridized carbons (Fsp3) is 0.750. The van der Waals surface area contributed by atoms with Crippen LogP contribution in [0, 0.1) is 11.3 Å². The van der Waals surface area contributed by atoms with Gasteiger partial charge < -0.3 is 5.11 Å². The minimum absolute atomic E-state index is 0.221. The summed E-state index contributed by atoms with van der Waals surface area (Å²) in [5.41, 5.74) is 0.466. The molecule has 0 saturated heterocycles. The van der Waals surface area contributed by atoms with E-state index in [9.17, 15) is 5.11 Å². The molecule has 0 amide bonds. The van der Waals surface area contributed by atoms with Crippen LogP contribution < -0.4 is 0 Å². The normalized spacial score (nSPS) is 34.6. The largest absolute Gasteiger partial charge is 0.383 e. The van der Waals surface area contributed by atoms with E-state index >= 15 is 0 Å². The average molecular weight is 208 g/mol. The molecule has 0 radical (unpaired) electrons. The molecule has 15 heavy (non-hydrogen) atoms. The van der Waals surface area contributed by atoms with Crippen molar-refractivity contribution in [2.75, 3.05) is 0 Å². The van der Waals surface area contributed by atoms with E-state index in [0.717, 1.165) is 18.5 Å². The number of rotatable bonds is 1. The van der Waals surface area contributed by atoms with Gasteiger partial charge in [0, 0.05) is 13.2 Å². The van der Waals surface area contributed by atoms with Crippen molar-refractivity contribution >= 4 is 0 Å². The molecule has 3 heteroatoms. The summed E-state index contributed by atoms with van der Waals surface area (Å²) in [5, 5.41) is 14.9. The SMILES string of the molecule is CC1CC(C)(C)CC1(O)c1ccnn1C. The van der Waals surface area contributed by atoms with E-state index in [2.05, 4.69) is 25.9 Å². The van der Waals surface area contributed by atoms with Crippen LogP contribution in [0.25, 0.3) is 0 Å². The van der Waals surface area contributed by atoms with Gasteiger partial charge in [0.15, 0.2) is 0 Å². The predicted octanol–water partition coefficient (Wildman–Crippen LogP) is 2.06. The summed E-state index contributed by atoms with van der Waals surface area (Å²) in [6.07, 6.45) is 3.64. The first-order valence-corrected chi connectivity index (χ1v) is 5.56. The van der Waals surface area contributed by atoms with Crippen LogP contribution in [-0.4, -0.2) is 14.9 Å². The molecule has 1 fully saturated rings. The van der Waals surface area contributed by atoms with Crippen molar-refractivity contribution in [3.8, 4) is 0 Å². The van der Waals surface area contributed by atoms with Gasteiger partial charge in [0.2, 0.25) is 0 Å². The summed E-state index contributed by atoms with van der Waals surface area (Å²) in [4.78, 5) is 0. The highest BCUT2D eigenvalue weighted by molar-refractivity contribution is 5.17. The lowest BCUT2D eigenvalue weighted by atomic mass is 9.87. The van der Waals surface area contributed by atoms with Crippen molar-refractivity contribution in [1.29, 1.82) is 0 Å². The number of nitrogens with zero attached hydrogens (tertiary/aromatic N) is 2. The lowest BCUT2D eigenvalue weighted by Gasteiger charge is -2.28. The van der Waals surface area contributed by atoms with Gasteiger partial charge in [0.05, 0.1) is 5.69 Å². The summed E-state index contributed by atoms with van der Waals surface area (Å²) in [6, 6.07) is 1.93. The van der Waals surface area contributed by atoms with Gasteiger partial charge in [0.25, 0.3) is 0 Å². The second-order valence-corrected chi connectivity index (χ2v) is 5.71. The Morgan fingerprint density at radius 2 is 2.20 bits per heavy atom. The maximum atomic E-state index is 10.8. The molecule has 1 aromatic rings. The molecule has 1 aliphatic rings. The van der Waals surface area contributed by atoms with Crippen LogP contribution in [0.4, 0.5) is 0 Å². The third kappa shape index (κ3) is 1.59. The van der Waals surface area contributed by atoms with Crippen LogP contribution in [0.3, 0.4) is 0 Å². The van der Waals surface area contributed by atoms with Gasteiger partial charge in [-0.1, -0.05) is 20.8 Å². The zero-order chi connectivity index (χ0) is 11.3. The van der Waals surface area contributed by atoms with E-state index in [1.807, 2.05) is 13.1 Å². The molecule has 2 rings (SSSR count). The van der Waals surface area contributed by atoms with Crippen LogP contribution in [0.1, 0.15) is 39.3 Å². The highest BCUT2D eigenvalue weighted by atomic mass is 16.3. The molecule has 1 aromatic heterocycles. The molecular weight excluding hydrogens is 188 g/mol. The van der Waals surface area contributed by atoms with E-state index in [-0.39, 0.29) is 5.41 Å². The summed E-state index contributed by atoms with van der Waals surface area (Å²) in [7, 11) is 1.89. The van der Waals surface area contributed by atoms with Crippen LogP contribution in [0.5, 0.6) is 0 Å². The molecule has 1 saturated carbocycles. The third-order valence-corrected chi connectivity index (χ3v) is 3.69. The Labute approximate surface area is 91.1 Å². The minimum Gasteiger partial charge on any atom is -0.383 e. The van der Waals surface area contributed by atoms with E-state index < -0.39 is 5.60 Å². The lowest BCUT2D eigenvalue weighted by Crippen LogP contribution is -2.31. The lowest BCUT2D eigenvalue weighted by molar-refractivity contribution is -0.00838. The van der Waals surface area contributed by atoms with Gasteiger partial charge in [-0.3, -0.25) is 4.68 Å². The van der Waals surface area contributed by atoms with Crippen molar-refractivity contribution in [2.45, 2.75) is 39.2 Å². The van der Waals surface area contributed by atoms with Crippen molar-refractivity contribution < 1.29 is 5.11 Å². The molecule has 1 aliphatic carbocycles. The number of aliphatic hydroxyl groups is 1. The first-order valence-electron chi connectivity index (χ1n) is 5.56. The average Bonchev–Trinajstić information content (AvgIpc) is 2.56. The Hall–Kier alpha value is -0.830. The van der Waals surface area contributed by atoms with Gasteiger partial charge in [-0.15, -0.1) is 0 Å². The van der Waals surface area contributed by atoms with Gasteiger partial charge in [-0.2, -0.15) is 5.10 Å². The summed E-state index contributed by atoms with van der Waals surface area (Å²) in [5.74, 6) is 0.294. The van der Waals surface area contributed by atoms with Gasteiger partial charge >= 0.3 is 0 Å². The minimum atomic E-state index is -0.700. The summed E-state index contributed by atoms with van der Waals surface area (Å²) >= 11 is 0. The molecule has 0 aliphatic heterocycles. The number of hydrogen-bond donors (Lipinski definition) is 1. The molecule has 0 spiro atoms. The Morgan fingerprint density at radius 1 is 1.53 bits per heavy atom. The fourth-order valence-electron chi connectivity index (χ4n) is 3.12. The maximum Gasteiger partial charge on any atom is 0.109 e. The van der Waals surface area contributed by atoms with Gasteiger partial charge in [-0.05, 0) is 30.2 Å². The van der Waals surface area contributed by atoms with Crippen molar-refractivity contribution in [1.82, 2.24) is 9.78 Å².